The van der Waals surface area contributed by atoms with E-state index in [-0.39, 0.29) is 25.2 Å². The summed E-state index contributed by atoms with van der Waals surface area (Å²) in [7, 11) is 0. The van der Waals surface area contributed by atoms with Crippen LogP contribution in [0.25, 0.3) is 0 Å². The number of amides is 4. The normalized spacial score (nSPS) is 20.6. The molecule has 4 aliphatic heterocycles. The molecule has 2 aromatic rings. The Morgan fingerprint density at radius 3 is 2.02 bits per heavy atom. The van der Waals surface area contributed by atoms with Crippen molar-refractivity contribution in [1.82, 2.24) is 20.0 Å². The highest BCUT2D eigenvalue weighted by Gasteiger charge is 2.42. The lowest BCUT2D eigenvalue weighted by molar-refractivity contribution is -0.142. The third-order valence-corrected chi connectivity index (χ3v) is 11.0. The number of ether oxygens (including phenoxy) is 1. The summed E-state index contributed by atoms with van der Waals surface area (Å²) in [4.78, 5) is 45.2. The van der Waals surface area contributed by atoms with Gasteiger partial charge in [0.15, 0.2) is 6.10 Å². The third-order valence-electron chi connectivity index (χ3n) is 11.0. The van der Waals surface area contributed by atoms with Crippen LogP contribution in [0.2, 0.25) is 0 Å². The highest BCUT2D eigenvalue weighted by molar-refractivity contribution is 5.91. The van der Waals surface area contributed by atoms with Gasteiger partial charge in [-0.2, -0.15) is 26.3 Å². The molecule has 0 aromatic heterocycles. The SMILES string of the molecule is Nc1c(C(F)(F)F)cc(C[C@@H](OC(=O)N2CCC(N3CCc4ccccc4NC3=O)CC2)C(=O)N2CCC(C3CCNCC3)CC2)cc1C(F)(F)F. The molecule has 4 heterocycles. The Labute approximate surface area is 298 Å². The maximum absolute atomic E-state index is 14.0. The molecule has 0 saturated carbocycles. The van der Waals surface area contributed by atoms with E-state index in [1.165, 1.54) is 9.80 Å². The minimum Gasteiger partial charge on any atom is -0.436 e. The van der Waals surface area contributed by atoms with Crippen molar-refractivity contribution in [2.75, 3.05) is 56.9 Å². The van der Waals surface area contributed by atoms with Crippen LogP contribution in [-0.4, -0.2) is 90.7 Å². The van der Waals surface area contributed by atoms with Crippen LogP contribution in [0.1, 0.15) is 60.8 Å². The average molecular weight is 739 g/mol. The Bertz CT molecular complexity index is 1580. The van der Waals surface area contributed by atoms with Gasteiger partial charge < -0.3 is 35.8 Å². The van der Waals surface area contributed by atoms with Crippen LogP contribution in [0.4, 0.5) is 47.3 Å². The number of urea groups is 1. The Morgan fingerprint density at radius 2 is 1.40 bits per heavy atom. The second kappa shape index (κ2) is 15.4. The minimum absolute atomic E-state index is 0.168. The maximum Gasteiger partial charge on any atom is 0.418 e. The van der Waals surface area contributed by atoms with Gasteiger partial charge in [-0.15, -0.1) is 0 Å². The van der Waals surface area contributed by atoms with Crippen molar-refractivity contribution >= 4 is 29.4 Å². The number of piperidine rings is 3. The summed E-state index contributed by atoms with van der Waals surface area (Å²) < 4.78 is 88.9. The zero-order valence-corrected chi connectivity index (χ0v) is 28.7. The van der Waals surface area contributed by atoms with Gasteiger partial charge in [0.25, 0.3) is 5.91 Å². The number of fused-ring (bicyclic) bond motifs is 1. The molecule has 3 fully saturated rings. The Kier molecular flexibility index (Phi) is 11.1. The van der Waals surface area contributed by atoms with E-state index in [0.29, 0.717) is 75.7 Å². The summed E-state index contributed by atoms with van der Waals surface area (Å²) in [5.74, 6) is 0.212. The quantitative estimate of drug-likeness (QED) is 0.242. The fourth-order valence-electron chi connectivity index (χ4n) is 8.10. The van der Waals surface area contributed by atoms with Gasteiger partial charge in [0, 0.05) is 50.9 Å². The highest BCUT2D eigenvalue weighted by Crippen LogP contribution is 2.42. The number of anilines is 2. The molecule has 16 heteroatoms. The molecular weight excluding hydrogens is 694 g/mol. The number of nitrogens with zero attached hydrogens (tertiary/aromatic N) is 3. The number of halogens is 6. The molecule has 10 nitrogen and oxygen atoms in total. The lowest BCUT2D eigenvalue weighted by atomic mass is 9.79. The lowest BCUT2D eigenvalue weighted by Gasteiger charge is -2.39. The number of alkyl halides is 6. The van der Waals surface area contributed by atoms with Gasteiger partial charge in [0.2, 0.25) is 0 Å². The number of benzene rings is 2. The van der Waals surface area contributed by atoms with Crippen molar-refractivity contribution in [3.05, 3.63) is 58.7 Å². The number of hydrogen-bond donors (Lipinski definition) is 3. The van der Waals surface area contributed by atoms with E-state index in [9.17, 15) is 40.7 Å². The van der Waals surface area contributed by atoms with E-state index in [2.05, 4.69) is 10.6 Å². The number of rotatable bonds is 6. The van der Waals surface area contributed by atoms with Crippen molar-refractivity contribution in [3.63, 3.8) is 0 Å². The summed E-state index contributed by atoms with van der Waals surface area (Å²) >= 11 is 0. The second-order valence-corrected chi connectivity index (χ2v) is 14.2. The third kappa shape index (κ3) is 8.53. The highest BCUT2D eigenvalue weighted by atomic mass is 19.4. The van der Waals surface area contributed by atoms with E-state index >= 15 is 0 Å². The molecular formula is C36H44F6N6O4. The van der Waals surface area contributed by atoms with Crippen molar-refractivity contribution in [2.45, 2.75) is 75.9 Å². The second-order valence-electron chi connectivity index (χ2n) is 14.2. The van der Waals surface area contributed by atoms with Crippen molar-refractivity contribution in [2.24, 2.45) is 11.8 Å². The van der Waals surface area contributed by atoms with Crippen molar-refractivity contribution < 1.29 is 45.5 Å². The van der Waals surface area contributed by atoms with Gasteiger partial charge in [0.05, 0.1) is 16.8 Å². The molecule has 0 bridgehead atoms. The number of likely N-dealkylation sites (tertiary alicyclic amines) is 2. The largest absolute Gasteiger partial charge is 0.436 e. The zero-order chi connectivity index (χ0) is 37.2. The number of carbonyl (C=O) groups excluding carboxylic acids is 3. The van der Waals surface area contributed by atoms with Crippen LogP contribution in [0.15, 0.2) is 36.4 Å². The van der Waals surface area contributed by atoms with Gasteiger partial charge in [0.1, 0.15) is 0 Å². The van der Waals surface area contributed by atoms with E-state index in [0.717, 1.165) is 37.2 Å². The van der Waals surface area contributed by atoms with Gasteiger partial charge in [-0.3, -0.25) is 4.79 Å². The van der Waals surface area contributed by atoms with Crippen molar-refractivity contribution in [3.8, 4) is 0 Å². The van der Waals surface area contributed by atoms with Gasteiger partial charge >= 0.3 is 24.5 Å². The first-order valence-corrected chi connectivity index (χ1v) is 17.9. The molecule has 2 aromatic carbocycles. The monoisotopic (exact) mass is 738 g/mol. The van der Waals surface area contributed by atoms with Crippen LogP contribution < -0.4 is 16.4 Å². The fraction of sp³-hybridized carbons (Fsp3) is 0.583. The van der Waals surface area contributed by atoms with Crippen molar-refractivity contribution in [1.29, 1.82) is 0 Å². The molecule has 1 atom stereocenters. The van der Waals surface area contributed by atoms with E-state index < -0.39 is 59.3 Å². The fourth-order valence-corrected chi connectivity index (χ4v) is 8.10. The standard InChI is InChI=1S/C36H44F6N6O4/c37-35(38,39)27-19-22(20-28(31(27)43)36(40,41)42)21-30(32(49)46-14-7-24(8-15-46)23-5-12-44-13-6-23)52-34(51)47-16-10-26(11-17-47)48-18-9-25-3-1-2-4-29(25)45-33(48)50/h1-4,19-20,23-24,26,30,44H,5-18,21,43H2,(H,45,50)/t30-/m1/s1. The molecule has 0 unspecified atom stereocenters. The zero-order valence-electron chi connectivity index (χ0n) is 28.7. The number of carbonyl (C=O) groups is 3. The average Bonchev–Trinajstić information content (AvgIpc) is 3.29. The van der Waals surface area contributed by atoms with Gasteiger partial charge in [-0.05, 0) is 99.2 Å². The first-order chi connectivity index (χ1) is 24.7. The molecule has 52 heavy (non-hydrogen) atoms. The first kappa shape index (κ1) is 37.5. The van der Waals surface area contributed by atoms with E-state index in [4.69, 9.17) is 10.5 Å². The predicted molar refractivity (Wildman–Crippen MR) is 180 cm³/mol. The molecule has 0 radical (unpaired) electrons. The summed E-state index contributed by atoms with van der Waals surface area (Å²) in [6, 6.07) is 8.06. The molecule has 4 amide bonds. The Morgan fingerprint density at radius 1 is 0.827 bits per heavy atom. The Balaban J connectivity index is 1.17. The number of nitrogens with two attached hydrogens (primary N) is 1. The lowest BCUT2D eigenvalue weighted by Crippen LogP contribution is -2.52. The van der Waals surface area contributed by atoms with Crippen LogP contribution in [-0.2, 0) is 34.7 Å². The number of nitrogen functional groups attached to an aromatic ring is 1. The summed E-state index contributed by atoms with van der Waals surface area (Å²) in [6.07, 6.45) is -8.82. The van der Waals surface area contributed by atoms with Crippen LogP contribution in [0.5, 0.6) is 0 Å². The van der Waals surface area contributed by atoms with E-state index in [1.54, 1.807) is 4.90 Å². The smallest absolute Gasteiger partial charge is 0.418 e. The predicted octanol–water partition coefficient (Wildman–Crippen LogP) is 6.15. The molecule has 4 N–H and O–H groups in total. The molecule has 6 rings (SSSR count). The minimum atomic E-state index is -5.20. The number of para-hydroxylation sites is 1. The van der Waals surface area contributed by atoms with Gasteiger partial charge in [-0.25, -0.2) is 9.59 Å². The molecule has 0 aliphatic carbocycles. The first-order valence-electron chi connectivity index (χ1n) is 17.9. The summed E-state index contributed by atoms with van der Waals surface area (Å²) in [5.41, 5.74) is 1.79. The van der Waals surface area contributed by atoms with Crippen LogP contribution >= 0.6 is 0 Å². The number of nitrogens with one attached hydrogen (secondary N) is 2. The van der Waals surface area contributed by atoms with Gasteiger partial charge in [-0.1, -0.05) is 18.2 Å². The number of hydrogen-bond acceptors (Lipinski definition) is 6. The molecule has 4 aliphatic rings. The topological polar surface area (TPSA) is 120 Å². The molecule has 284 valence electrons. The molecule has 3 saturated heterocycles. The maximum atomic E-state index is 14.0. The summed E-state index contributed by atoms with van der Waals surface area (Å²) in [5, 5.41) is 6.27. The molecule has 0 spiro atoms. The Hall–Kier alpha value is -4.21. The van der Waals surface area contributed by atoms with Crippen LogP contribution in [0, 0.1) is 11.8 Å². The summed E-state index contributed by atoms with van der Waals surface area (Å²) in [6.45, 7) is 3.31. The van der Waals surface area contributed by atoms with E-state index in [1.807, 2.05) is 24.3 Å². The van der Waals surface area contributed by atoms with Crippen LogP contribution in [0.3, 0.4) is 0 Å².